The van der Waals surface area contributed by atoms with Gasteiger partial charge in [-0.25, -0.2) is 8.42 Å². The van der Waals surface area contributed by atoms with Crippen molar-refractivity contribution in [3.63, 3.8) is 0 Å². The number of nitrogens with one attached hydrogen (secondary N) is 1. The highest BCUT2D eigenvalue weighted by molar-refractivity contribution is 7.91. The van der Waals surface area contributed by atoms with Gasteiger partial charge in [-0.05, 0) is 37.1 Å². The van der Waals surface area contributed by atoms with Crippen molar-refractivity contribution < 1.29 is 8.42 Å². The first-order chi connectivity index (χ1) is 12.3. The third-order valence-corrected chi connectivity index (χ3v) is 6.68. The molecule has 0 bridgehead atoms. The number of hydrogen-bond donors (Lipinski definition) is 1. The number of nitrogens with zero attached hydrogens (tertiary/aromatic N) is 2. The number of pyridine rings is 1. The van der Waals surface area contributed by atoms with Crippen molar-refractivity contribution in [2.45, 2.75) is 30.7 Å². The summed E-state index contributed by atoms with van der Waals surface area (Å²) in [6, 6.07) is 7.55. The van der Waals surface area contributed by atoms with E-state index in [4.69, 9.17) is 0 Å². The molecular formula is C19H25N3O3S. The Hall–Kier alpha value is -2.28. The fourth-order valence-electron chi connectivity index (χ4n) is 3.11. The molecule has 0 saturated heterocycles. The van der Waals surface area contributed by atoms with Crippen LogP contribution in [0.3, 0.4) is 0 Å². The van der Waals surface area contributed by atoms with Crippen LogP contribution in [0.15, 0.2) is 40.2 Å². The summed E-state index contributed by atoms with van der Waals surface area (Å²) in [6.45, 7) is 1.64. The largest absolute Gasteiger partial charge is 0.384 e. The molecule has 3 rings (SSSR count). The standard InChI is InChI=1S/C19H25N3O3S/c1-5-26(24,25)15-8-9-18(22(4)14-6-7-14)16(11-15)13-10-17(20-2)19(23)21(3)12-13/h8-12,14,20H,5-7H2,1-4H3. The van der Waals surface area contributed by atoms with Gasteiger partial charge in [0.05, 0.1) is 10.6 Å². The maximum absolute atomic E-state index is 12.4. The zero-order valence-corrected chi connectivity index (χ0v) is 16.4. The molecule has 2 aromatic rings. The van der Waals surface area contributed by atoms with Crippen molar-refractivity contribution in [3.05, 3.63) is 40.8 Å². The number of benzene rings is 1. The van der Waals surface area contributed by atoms with Crippen LogP contribution < -0.4 is 15.8 Å². The molecule has 1 aromatic carbocycles. The molecule has 1 fully saturated rings. The lowest BCUT2D eigenvalue weighted by molar-refractivity contribution is 0.597. The van der Waals surface area contributed by atoms with Crippen molar-refractivity contribution >= 4 is 21.2 Å². The molecule has 0 unspecified atom stereocenters. The fraction of sp³-hybridized carbons (Fsp3) is 0.421. The molecule has 0 aliphatic heterocycles. The van der Waals surface area contributed by atoms with Gasteiger partial charge in [0.1, 0.15) is 5.69 Å². The highest BCUT2D eigenvalue weighted by Crippen LogP contribution is 2.38. The van der Waals surface area contributed by atoms with Gasteiger partial charge in [0, 0.05) is 50.2 Å². The van der Waals surface area contributed by atoms with Gasteiger partial charge in [-0.2, -0.15) is 0 Å². The topological polar surface area (TPSA) is 71.4 Å². The SMILES string of the molecule is CCS(=O)(=O)c1ccc(N(C)C2CC2)c(-c2cc(NC)c(=O)n(C)c2)c1. The van der Waals surface area contributed by atoms with Gasteiger partial charge < -0.3 is 14.8 Å². The van der Waals surface area contributed by atoms with Gasteiger partial charge in [0.15, 0.2) is 9.84 Å². The first kappa shape index (κ1) is 18.5. The quantitative estimate of drug-likeness (QED) is 0.840. The summed E-state index contributed by atoms with van der Waals surface area (Å²) in [6.07, 6.45) is 4.03. The van der Waals surface area contributed by atoms with Gasteiger partial charge in [-0.1, -0.05) is 6.92 Å². The highest BCUT2D eigenvalue weighted by Gasteiger charge is 2.28. The summed E-state index contributed by atoms with van der Waals surface area (Å²) >= 11 is 0. The minimum atomic E-state index is -3.31. The van der Waals surface area contributed by atoms with Crippen molar-refractivity contribution in [2.24, 2.45) is 7.05 Å². The van der Waals surface area contributed by atoms with Gasteiger partial charge in [-0.3, -0.25) is 4.79 Å². The minimum Gasteiger partial charge on any atom is -0.384 e. The number of aryl methyl sites for hydroxylation is 1. The van der Waals surface area contributed by atoms with Crippen LogP contribution in [0.1, 0.15) is 19.8 Å². The second-order valence-electron chi connectivity index (χ2n) is 6.73. The molecule has 26 heavy (non-hydrogen) atoms. The molecular weight excluding hydrogens is 350 g/mol. The first-order valence-electron chi connectivity index (χ1n) is 8.77. The lowest BCUT2D eigenvalue weighted by Crippen LogP contribution is -2.22. The molecule has 140 valence electrons. The zero-order chi connectivity index (χ0) is 19.1. The number of aromatic nitrogens is 1. The van der Waals surface area contributed by atoms with Gasteiger partial charge in [-0.15, -0.1) is 0 Å². The predicted molar refractivity (Wildman–Crippen MR) is 106 cm³/mol. The lowest BCUT2D eigenvalue weighted by atomic mass is 10.0. The number of sulfone groups is 1. The molecule has 7 heteroatoms. The monoisotopic (exact) mass is 375 g/mol. The number of hydrogen-bond acceptors (Lipinski definition) is 5. The van der Waals surface area contributed by atoms with E-state index >= 15 is 0 Å². The van der Waals surface area contributed by atoms with E-state index in [2.05, 4.69) is 10.2 Å². The second-order valence-corrected chi connectivity index (χ2v) is 9.01. The zero-order valence-electron chi connectivity index (χ0n) is 15.6. The van der Waals surface area contributed by atoms with E-state index < -0.39 is 9.84 Å². The Morgan fingerprint density at radius 1 is 1.27 bits per heavy atom. The van der Waals surface area contributed by atoms with Crippen LogP contribution in [-0.4, -0.2) is 38.9 Å². The molecule has 1 saturated carbocycles. The number of anilines is 2. The normalized spacial score (nSPS) is 14.3. The Bertz CT molecular complexity index is 992. The number of rotatable bonds is 6. The molecule has 0 spiro atoms. The maximum Gasteiger partial charge on any atom is 0.273 e. The summed E-state index contributed by atoms with van der Waals surface area (Å²) < 4.78 is 26.3. The molecule has 0 amide bonds. The molecule has 1 aromatic heterocycles. The van der Waals surface area contributed by atoms with Gasteiger partial charge in [0.25, 0.3) is 5.56 Å². The first-order valence-corrected chi connectivity index (χ1v) is 10.4. The second kappa shape index (κ2) is 6.79. The third kappa shape index (κ3) is 3.35. The Morgan fingerprint density at radius 3 is 2.54 bits per heavy atom. The average molecular weight is 375 g/mol. The Kier molecular flexibility index (Phi) is 4.84. The molecule has 1 aliphatic rings. The van der Waals surface area contributed by atoms with E-state index in [-0.39, 0.29) is 11.3 Å². The molecule has 1 heterocycles. The van der Waals surface area contributed by atoms with E-state index in [9.17, 15) is 13.2 Å². The lowest BCUT2D eigenvalue weighted by Gasteiger charge is -2.23. The van der Waals surface area contributed by atoms with Crippen LogP contribution >= 0.6 is 0 Å². The van der Waals surface area contributed by atoms with Crippen LogP contribution in [0.2, 0.25) is 0 Å². The smallest absolute Gasteiger partial charge is 0.273 e. The molecule has 0 radical (unpaired) electrons. The maximum atomic E-state index is 12.4. The minimum absolute atomic E-state index is 0.0549. The Labute approximate surface area is 154 Å². The van der Waals surface area contributed by atoms with Crippen molar-refractivity contribution in [1.29, 1.82) is 0 Å². The molecule has 6 nitrogen and oxygen atoms in total. The predicted octanol–water partition coefficient (Wildman–Crippen LogP) is 2.49. The Morgan fingerprint density at radius 2 is 1.96 bits per heavy atom. The summed E-state index contributed by atoms with van der Waals surface area (Å²) in [5.41, 5.74) is 2.97. The Balaban J connectivity index is 2.24. The fourth-order valence-corrected chi connectivity index (χ4v) is 4.02. The third-order valence-electron chi connectivity index (χ3n) is 4.95. The van der Waals surface area contributed by atoms with E-state index in [1.54, 1.807) is 45.4 Å². The van der Waals surface area contributed by atoms with E-state index in [0.29, 0.717) is 16.6 Å². The van der Waals surface area contributed by atoms with Crippen LogP contribution in [0.5, 0.6) is 0 Å². The molecule has 0 atom stereocenters. The summed E-state index contributed by atoms with van der Waals surface area (Å²) in [5, 5.41) is 2.92. The summed E-state index contributed by atoms with van der Waals surface area (Å²) in [7, 11) is 2.12. The van der Waals surface area contributed by atoms with Crippen LogP contribution in [-0.2, 0) is 16.9 Å². The highest BCUT2D eigenvalue weighted by atomic mass is 32.2. The van der Waals surface area contributed by atoms with Crippen LogP contribution in [0, 0.1) is 0 Å². The van der Waals surface area contributed by atoms with Crippen molar-refractivity contribution in [3.8, 4) is 11.1 Å². The van der Waals surface area contributed by atoms with E-state index in [0.717, 1.165) is 29.7 Å². The van der Waals surface area contributed by atoms with Crippen LogP contribution in [0.25, 0.3) is 11.1 Å². The van der Waals surface area contributed by atoms with Gasteiger partial charge in [0.2, 0.25) is 0 Å². The van der Waals surface area contributed by atoms with Crippen LogP contribution in [0.4, 0.5) is 11.4 Å². The van der Waals surface area contributed by atoms with E-state index in [1.807, 2.05) is 13.1 Å². The van der Waals surface area contributed by atoms with Crippen molar-refractivity contribution in [2.75, 3.05) is 30.1 Å². The van der Waals surface area contributed by atoms with Crippen molar-refractivity contribution in [1.82, 2.24) is 4.57 Å². The summed E-state index contributed by atoms with van der Waals surface area (Å²) in [5.74, 6) is 0.0549. The summed E-state index contributed by atoms with van der Waals surface area (Å²) in [4.78, 5) is 14.7. The van der Waals surface area contributed by atoms with Gasteiger partial charge >= 0.3 is 0 Å². The molecule has 1 aliphatic carbocycles. The van der Waals surface area contributed by atoms with E-state index in [1.165, 1.54) is 4.57 Å². The average Bonchev–Trinajstić information content (AvgIpc) is 3.48. The molecule has 1 N–H and O–H groups in total.